The first-order chi connectivity index (χ1) is 11.9. The number of hydrogen-bond donors (Lipinski definition) is 0. The smallest absolute Gasteiger partial charge is 0.375 e. The van der Waals surface area contributed by atoms with Gasteiger partial charge in [-0.25, -0.2) is 13.6 Å². The highest BCUT2D eigenvalue weighted by atomic mass is 35.5. The highest BCUT2D eigenvalue weighted by Gasteiger charge is 2.21. The third-order valence-corrected chi connectivity index (χ3v) is 3.88. The zero-order chi connectivity index (χ0) is 18.1. The third kappa shape index (κ3) is 3.39. The molecule has 2 aromatic carbocycles. The van der Waals surface area contributed by atoms with Crippen LogP contribution in [-0.4, -0.2) is 18.4 Å². The maximum absolute atomic E-state index is 13.5. The molecule has 3 aromatic rings. The van der Waals surface area contributed by atoms with Crippen LogP contribution in [0.3, 0.4) is 0 Å². The van der Waals surface area contributed by atoms with Crippen molar-refractivity contribution in [3.05, 3.63) is 69.9 Å². The molecule has 0 unspecified atom stereocenters. The highest BCUT2D eigenvalue weighted by Crippen LogP contribution is 2.28. The summed E-state index contributed by atoms with van der Waals surface area (Å²) in [6.07, 6.45) is 0. The molecule has 0 aliphatic heterocycles. The molecule has 0 N–H and O–H groups in total. The number of ether oxygens (including phenoxy) is 1. The van der Waals surface area contributed by atoms with E-state index in [-0.39, 0.29) is 5.76 Å². The largest absolute Gasteiger partial charge is 0.451 e. The molecule has 0 aliphatic rings. The Kier molecular flexibility index (Phi) is 4.55. The Balaban J connectivity index is 1.78. The van der Waals surface area contributed by atoms with Gasteiger partial charge in [0.1, 0.15) is 17.2 Å². The second-order valence-corrected chi connectivity index (χ2v) is 5.76. The van der Waals surface area contributed by atoms with E-state index in [0.29, 0.717) is 21.6 Å². The summed E-state index contributed by atoms with van der Waals surface area (Å²) in [5.74, 6) is -3.47. The molecule has 0 aliphatic carbocycles. The van der Waals surface area contributed by atoms with E-state index in [1.54, 1.807) is 25.1 Å². The Hall–Kier alpha value is -2.73. The number of aryl methyl sites for hydroxylation is 1. The molecular formula is C18H11ClF2O4. The van der Waals surface area contributed by atoms with Gasteiger partial charge in [-0.15, -0.1) is 0 Å². The fourth-order valence-electron chi connectivity index (χ4n) is 2.37. The lowest BCUT2D eigenvalue weighted by molar-refractivity contribution is 0.0444. The Labute approximate surface area is 145 Å². The van der Waals surface area contributed by atoms with E-state index >= 15 is 0 Å². The number of furan rings is 1. The molecule has 7 heteroatoms. The first kappa shape index (κ1) is 17.1. The molecular weight excluding hydrogens is 354 g/mol. The van der Waals surface area contributed by atoms with Gasteiger partial charge < -0.3 is 9.15 Å². The van der Waals surface area contributed by atoms with E-state index in [4.69, 9.17) is 20.8 Å². The minimum atomic E-state index is -0.892. The maximum atomic E-state index is 13.5. The van der Waals surface area contributed by atoms with Crippen LogP contribution in [0.25, 0.3) is 11.0 Å². The molecule has 25 heavy (non-hydrogen) atoms. The number of hydrogen-bond acceptors (Lipinski definition) is 4. The van der Waals surface area contributed by atoms with Crippen molar-refractivity contribution in [1.82, 2.24) is 0 Å². The number of carbonyl (C=O) groups is 2. The van der Waals surface area contributed by atoms with E-state index in [1.807, 2.05) is 0 Å². The van der Waals surface area contributed by atoms with Crippen molar-refractivity contribution in [3.8, 4) is 0 Å². The first-order valence-electron chi connectivity index (χ1n) is 7.21. The molecule has 0 bridgehead atoms. The predicted molar refractivity (Wildman–Crippen MR) is 86.9 cm³/mol. The number of halogens is 3. The molecule has 0 saturated carbocycles. The van der Waals surface area contributed by atoms with E-state index in [1.165, 1.54) is 0 Å². The van der Waals surface area contributed by atoms with Gasteiger partial charge in [0.05, 0.1) is 5.56 Å². The zero-order valence-electron chi connectivity index (χ0n) is 12.9. The second-order valence-electron chi connectivity index (χ2n) is 5.32. The van der Waals surface area contributed by atoms with E-state index in [0.717, 1.165) is 18.2 Å². The van der Waals surface area contributed by atoms with Crippen LogP contribution in [0.4, 0.5) is 8.78 Å². The van der Waals surface area contributed by atoms with Crippen LogP contribution < -0.4 is 0 Å². The zero-order valence-corrected chi connectivity index (χ0v) is 13.7. The van der Waals surface area contributed by atoms with Gasteiger partial charge in [-0.1, -0.05) is 11.6 Å². The van der Waals surface area contributed by atoms with Crippen molar-refractivity contribution in [1.29, 1.82) is 0 Å². The molecule has 4 nitrogen and oxygen atoms in total. The van der Waals surface area contributed by atoms with Crippen LogP contribution in [0.15, 0.2) is 40.8 Å². The van der Waals surface area contributed by atoms with Crippen LogP contribution in [0.1, 0.15) is 26.5 Å². The van der Waals surface area contributed by atoms with Gasteiger partial charge in [0, 0.05) is 16.0 Å². The standard InChI is InChI=1S/C18H11ClF2O4/c1-9-12-6-10(19)2-5-16(12)25-17(9)18(23)24-8-15(22)13-7-11(20)3-4-14(13)21/h2-7H,8H2,1H3. The number of carbonyl (C=O) groups excluding carboxylic acids is 2. The van der Waals surface area contributed by atoms with Gasteiger partial charge >= 0.3 is 5.97 Å². The molecule has 128 valence electrons. The van der Waals surface area contributed by atoms with Gasteiger partial charge in [-0.2, -0.15) is 0 Å². The molecule has 0 saturated heterocycles. The van der Waals surface area contributed by atoms with Gasteiger partial charge in [0.25, 0.3) is 0 Å². The molecule has 1 heterocycles. The summed E-state index contributed by atoms with van der Waals surface area (Å²) in [4.78, 5) is 24.1. The highest BCUT2D eigenvalue weighted by molar-refractivity contribution is 6.31. The summed E-state index contributed by atoms with van der Waals surface area (Å²) in [6.45, 7) is 0.906. The maximum Gasteiger partial charge on any atom is 0.375 e. The van der Waals surface area contributed by atoms with Crippen LogP contribution in [0.2, 0.25) is 5.02 Å². The number of fused-ring (bicyclic) bond motifs is 1. The van der Waals surface area contributed by atoms with Crippen molar-refractivity contribution >= 4 is 34.3 Å². The lowest BCUT2D eigenvalue weighted by Gasteiger charge is -2.04. The number of rotatable bonds is 4. The van der Waals surface area contributed by atoms with Crippen LogP contribution in [-0.2, 0) is 4.74 Å². The third-order valence-electron chi connectivity index (χ3n) is 3.65. The quantitative estimate of drug-likeness (QED) is 0.497. The average Bonchev–Trinajstić information content (AvgIpc) is 2.91. The minimum Gasteiger partial charge on any atom is -0.451 e. The fraction of sp³-hybridized carbons (Fsp3) is 0.111. The number of benzene rings is 2. The lowest BCUT2D eigenvalue weighted by Crippen LogP contribution is -2.15. The number of esters is 1. The fourth-order valence-corrected chi connectivity index (χ4v) is 2.55. The van der Waals surface area contributed by atoms with Crippen molar-refractivity contribution in [3.63, 3.8) is 0 Å². The summed E-state index contributed by atoms with van der Waals surface area (Å²) in [7, 11) is 0. The monoisotopic (exact) mass is 364 g/mol. The molecule has 1 aromatic heterocycles. The lowest BCUT2D eigenvalue weighted by atomic mass is 10.1. The van der Waals surface area contributed by atoms with Crippen LogP contribution >= 0.6 is 11.6 Å². The molecule has 0 atom stereocenters. The summed E-state index contributed by atoms with van der Waals surface area (Å²) in [6, 6.07) is 7.32. The van der Waals surface area contributed by atoms with Crippen molar-refractivity contribution in [2.75, 3.05) is 6.61 Å². The van der Waals surface area contributed by atoms with E-state index < -0.39 is 35.6 Å². The molecule has 0 fully saturated rings. The molecule has 0 spiro atoms. The van der Waals surface area contributed by atoms with Crippen LogP contribution in [0.5, 0.6) is 0 Å². The van der Waals surface area contributed by atoms with Gasteiger partial charge in [-0.05, 0) is 43.3 Å². The van der Waals surface area contributed by atoms with E-state index in [2.05, 4.69) is 0 Å². The summed E-state index contributed by atoms with van der Waals surface area (Å²) in [5.41, 5.74) is 0.462. The molecule has 0 radical (unpaired) electrons. The predicted octanol–water partition coefficient (Wildman–Crippen LogP) is 4.71. The van der Waals surface area contributed by atoms with Crippen LogP contribution in [0, 0.1) is 18.6 Å². The summed E-state index contributed by atoms with van der Waals surface area (Å²) >= 11 is 5.91. The first-order valence-corrected chi connectivity index (χ1v) is 7.58. The van der Waals surface area contributed by atoms with Gasteiger partial charge in [0.15, 0.2) is 6.61 Å². The Morgan fingerprint density at radius 2 is 1.92 bits per heavy atom. The number of Topliss-reactive ketones (excluding diaryl/α,β-unsaturated/α-hetero) is 1. The van der Waals surface area contributed by atoms with Crippen molar-refractivity contribution in [2.45, 2.75) is 6.92 Å². The Bertz CT molecular complexity index is 994. The Morgan fingerprint density at radius 3 is 2.68 bits per heavy atom. The van der Waals surface area contributed by atoms with E-state index in [9.17, 15) is 18.4 Å². The molecule has 3 rings (SSSR count). The average molecular weight is 365 g/mol. The molecule has 0 amide bonds. The summed E-state index contributed by atoms with van der Waals surface area (Å²) in [5, 5.41) is 1.12. The number of ketones is 1. The Morgan fingerprint density at radius 1 is 1.16 bits per heavy atom. The van der Waals surface area contributed by atoms with Gasteiger partial charge in [-0.3, -0.25) is 4.79 Å². The minimum absolute atomic E-state index is 0.0789. The second kappa shape index (κ2) is 6.64. The topological polar surface area (TPSA) is 56.5 Å². The summed E-state index contributed by atoms with van der Waals surface area (Å²) < 4.78 is 37.0. The van der Waals surface area contributed by atoms with Crippen molar-refractivity contribution in [2.24, 2.45) is 0 Å². The van der Waals surface area contributed by atoms with Gasteiger partial charge in [0.2, 0.25) is 11.5 Å². The van der Waals surface area contributed by atoms with Crippen molar-refractivity contribution < 1.29 is 27.5 Å². The normalized spacial score (nSPS) is 10.9. The SMILES string of the molecule is Cc1c(C(=O)OCC(=O)c2cc(F)ccc2F)oc2ccc(Cl)cc12.